The van der Waals surface area contributed by atoms with Crippen molar-refractivity contribution in [1.82, 2.24) is 0 Å². The number of halogens is 2. The van der Waals surface area contributed by atoms with Gasteiger partial charge in [-0.2, -0.15) is 0 Å². The quantitative estimate of drug-likeness (QED) is 0.747. The van der Waals surface area contributed by atoms with Gasteiger partial charge in [0, 0.05) is 10.9 Å². The Morgan fingerprint density at radius 2 is 1.94 bits per heavy atom. The van der Waals surface area contributed by atoms with E-state index in [-0.39, 0.29) is 16.9 Å². The summed E-state index contributed by atoms with van der Waals surface area (Å²) in [5.74, 6) is 0.585. The maximum absolute atomic E-state index is 11.8. The van der Waals surface area contributed by atoms with Gasteiger partial charge < -0.3 is 0 Å². The van der Waals surface area contributed by atoms with Crippen LogP contribution in [0.25, 0.3) is 0 Å². The summed E-state index contributed by atoms with van der Waals surface area (Å²) in [4.78, 5) is 0. The van der Waals surface area contributed by atoms with E-state index in [1.807, 2.05) is 18.2 Å². The zero-order valence-electron chi connectivity index (χ0n) is 10.6. The maximum atomic E-state index is 11.8. The highest BCUT2D eigenvalue weighted by molar-refractivity contribution is 7.91. The number of sulfone groups is 1. The highest BCUT2D eigenvalue weighted by Crippen LogP contribution is 2.25. The molecular formula is C13H18Cl2O2S. The maximum Gasteiger partial charge on any atom is 0.152 e. The Morgan fingerprint density at radius 1 is 1.28 bits per heavy atom. The minimum atomic E-state index is -3.01. The Bertz CT molecular complexity index is 484. The second-order valence-electron chi connectivity index (χ2n) is 4.61. The van der Waals surface area contributed by atoms with Crippen molar-refractivity contribution in [2.45, 2.75) is 31.4 Å². The Morgan fingerprint density at radius 3 is 2.44 bits per heavy atom. The van der Waals surface area contributed by atoms with E-state index < -0.39 is 9.84 Å². The smallest absolute Gasteiger partial charge is 0.152 e. The molecule has 0 fully saturated rings. The summed E-state index contributed by atoms with van der Waals surface area (Å²) in [6, 6.07) is 7.42. The summed E-state index contributed by atoms with van der Waals surface area (Å²) >= 11 is 11.9. The molecule has 1 unspecified atom stereocenters. The molecule has 0 spiro atoms. The summed E-state index contributed by atoms with van der Waals surface area (Å²) in [5.41, 5.74) is 0.997. The van der Waals surface area contributed by atoms with E-state index in [0.29, 0.717) is 17.3 Å². The van der Waals surface area contributed by atoms with Gasteiger partial charge in [-0.15, -0.1) is 11.6 Å². The van der Waals surface area contributed by atoms with Crippen LogP contribution in [0, 0.1) is 0 Å². The topological polar surface area (TPSA) is 34.1 Å². The molecule has 0 aliphatic carbocycles. The van der Waals surface area contributed by atoms with Crippen LogP contribution < -0.4 is 0 Å². The molecule has 0 N–H and O–H groups in total. The Kier molecular flexibility index (Phi) is 5.96. The van der Waals surface area contributed by atoms with E-state index in [1.165, 1.54) is 0 Å². The fraction of sp³-hybridized carbons (Fsp3) is 0.538. The highest BCUT2D eigenvalue weighted by atomic mass is 35.5. The third kappa shape index (κ3) is 4.45. The molecule has 0 aliphatic rings. The lowest BCUT2D eigenvalue weighted by atomic mass is 9.99. The van der Waals surface area contributed by atoms with Crippen molar-refractivity contribution < 1.29 is 8.42 Å². The molecule has 0 radical (unpaired) electrons. The summed E-state index contributed by atoms with van der Waals surface area (Å²) < 4.78 is 23.6. The monoisotopic (exact) mass is 308 g/mol. The van der Waals surface area contributed by atoms with Crippen LogP contribution in [-0.4, -0.2) is 25.3 Å². The molecule has 0 amide bonds. The number of rotatable bonds is 6. The molecule has 1 aromatic rings. The van der Waals surface area contributed by atoms with Gasteiger partial charge in [0.1, 0.15) is 0 Å². The first-order chi connectivity index (χ1) is 8.36. The molecule has 5 heteroatoms. The first-order valence-corrected chi connectivity index (χ1v) is 8.52. The molecule has 18 heavy (non-hydrogen) atoms. The van der Waals surface area contributed by atoms with Crippen molar-refractivity contribution in [3.05, 3.63) is 34.9 Å². The SMILES string of the molecule is CC(C)S(=O)(=O)CCC(CCl)c1cccc(Cl)c1. The lowest BCUT2D eigenvalue weighted by Gasteiger charge is -2.15. The predicted molar refractivity (Wildman–Crippen MR) is 78.5 cm³/mol. The zero-order valence-corrected chi connectivity index (χ0v) is 12.9. The second kappa shape index (κ2) is 6.78. The minimum absolute atomic E-state index is 0.0268. The standard InChI is InChI=1S/C13H18Cl2O2S/c1-10(2)18(16,17)7-6-12(9-14)11-4-3-5-13(15)8-11/h3-5,8,10,12H,6-7,9H2,1-2H3. The first-order valence-electron chi connectivity index (χ1n) is 5.90. The predicted octanol–water partition coefficient (Wildman–Crippen LogP) is 3.88. The largest absolute Gasteiger partial charge is 0.229 e. The van der Waals surface area contributed by atoms with Gasteiger partial charge in [-0.3, -0.25) is 0 Å². The Labute approximate surface area is 119 Å². The van der Waals surface area contributed by atoms with Crippen LogP contribution in [0.2, 0.25) is 5.02 Å². The van der Waals surface area contributed by atoms with Crippen molar-refractivity contribution >= 4 is 33.0 Å². The molecule has 0 saturated heterocycles. The molecule has 1 aromatic carbocycles. The van der Waals surface area contributed by atoms with E-state index in [4.69, 9.17) is 23.2 Å². The van der Waals surface area contributed by atoms with Crippen LogP contribution in [0.15, 0.2) is 24.3 Å². The molecule has 2 nitrogen and oxygen atoms in total. The van der Waals surface area contributed by atoms with Gasteiger partial charge in [-0.05, 0) is 43.9 Å². The van der Waals surface area contributed by atoms with Gasteiger partial charge in [-0.1, -0.05) is 23.7 Å². The van der Waals surface area contributed by atoms with Gasteiger partial charge in [-0.25, -0.2) is 8.42 Å². The van der Waals surface area contributed by atoms with Gasteiger partial charge in [0.15, 0.2) is 9.84 Å². The van der Waals surface area contributed by atoms with E-state index in [2.05, 4.69) is 0 Å². The van der Waals surface area contributed by atoms with Crippen LogP contribution in [-0.2, 0) is 9.84 Å². The third-order valence-electron chi connectivity index (χ3n) is 2.98. The zero-order chi connectivity index (χ0) is 13.8. The average molecular weight is 309 g/mol. The van der Waals surface area contributed by atoms with Gasteiger partial charge in [0.05, 0.1) is 11.0 Å². The molecule has 0 saturated carbocycles. The third-order valence-corrected chi connectivity index (χ3v) is 5.82. The Hall–Kier alpha value is -0.250. The normalized spacial score (nSPS) is 13.8. The van der Waals surface area contributed by atoms with Gasteiger partial charge in [0.2, 0.25) is 0 Å². The first kappa shape index (κ1) is 15.8. The second-order valence-corrected chi connectivity index (χ2v) is 8.03. The van der Waals surface area contributed by atoms with Crippen molar-refractivity contribution in [2.75, 3.05) is 11.6 Å². The molecule has 1 rings (SSSR count). The van der Waals surface area contributed by atoms with Crippen molar-refractivity contribution in [1.29, 1.82) is 0 Å². The van der Waals surface area contributed by atoms with Gasteiger partial charge >= 0.3 is 0 Å². The molecule has 0 bridgehead atoms. The van der Waals surface area contributed by atoms with E-state index in [9.17, 15) is 8.42 Å². The molecule has 0 aliphatic heterocycles. The molecule has 0 aromatic heterocycles. The van der Waals surface area contributed by atoms with E-state index >= 15 is 0 Å². The Balaban J connectivity index is 2.75. The number of benzene rings is 1. The molecule has 102 valence electrons. The summed E-state index contributed by atoms with van der Waals surface area (Å²) in [5, 5.41) is 0.308. The van der Waals surface area contributed by atoms with Crippen LogP contribution in [0.3, 0.4) is 0 Å². The molecule has 0 heterocycles. The van der Waals surface area contributed by atoms with Crippen LogP contribution in [0.4, 0.5) is 0 Å². The van der Waals surface area contributed by atoms with Crippen LogP contribution >= 0.6 is 23.2 Å². The molecular weight excluding hydrogens is 291 g/mol. The number of alkyl halides is 1. The van der Waals surface area contributed by atoms with Crippen LogP contribution in [0.5, 0.6) is 0 Å². The lowest BCUT2D eigenvalue weighted by molar-refractivity contribution is 0.580. The van der Waals surface area contributed by atoms with Crippen LogP contribution in [0.1, 0.15) is 31.7 Å². The van der Waals surface area contributed by atoms with Crippen molar-refractivity contribution in [2.24, 2.45) is 0 Å². The highest BCUT2D eigenvalue weighted by Gasteiger charge is 2.19. The van der Waals surface area contributed by atoms with Gasteiger partial charge in [0.25, 0.3) is 0 Å². The average Bonchev–Trinajstić information content (AvgIpc) is 2.29. The fourth-order valence-electron chi connectivity index (χ4n) is 1.64. The number of hydrogen-bond acceptors (Lipinski definition) is 2. The molecule has 1 atom stereocenters. The lowest BCUT2D eigenvalue weighted by Crippen LogP contribution is -2.19. The minimum Gasteiger partial charge on any atom is -0.229 e. The van der Waals surface area contributed by atoms with E-state index in [1.54, 1.807) is 19.9 Å². The summed E-state index contributed by atoms with van der Waals surface area (Å²) in [6.07, 6.45) is 0.532. The fourth-order valence-corrected chi connectivity index (χ4v) is 3.25. The van der Waals surface area contributed by atoms with Crippen molar-refractivity contribution in [3.8, 4) is 0 Å². The van der Waals surface area contributed by atoms with Crippen molar-refractivity contribution in [3.63, 3.8) is 0 Å². The van der Waals surface area contributed by atoms with E-state index in [0.717, 1.165) is 5.56 Å². The summed E-state index contributed by atoms with van der Waals surface area (Å²) in [7, 11) is -3.01. The summed E-state index contributed by atoms with van der Waals surface area (Å²) in [6.45, 7) is 3.40. The number of hydrogen-bond donors (Lipinski definition) is 0.